The van der Waals surface area contributed by atoms with Crippen LogP contribution >= 0.6 is 0 Å². The summed E-state index contributed by atoms with van der Waals surface area (Å²) in [6, 6.07) is 14.6. The fourth-order valence-electron chi connectivity index (χ4n) is 3.31. The van der Waals surface area contributed by atoms with Gasteiger partial charge in [0.1, 0.15) is 0 Å². The molecule has 1 saturated heterocycles. The van der Waals surface area contributed by atoms with E-state index in [9.17, 15) is 4.79 Å². The lowest BCUT2D eigenvalue weighted by atomic mass is 10.1. The summed E-state index contributed by atoms with van der Waals surface area (Å²) < 4.78 is 5.51. The number of hydrogen-bond acceptors (Lipinski definition) is 4. The zero-order chi connectivity index (χ0) is 16.9. The van der Waals surface area contributed by atoms with Gasteiger partial charge in [-0.25, -0.2) is 0 Å². The summed E-state index contributed by atoms with van der Waals surface area (Å²) in [4.78, 5) is 16.1. The third-order valence-corrected chi connectivity index (χ3v) is 4.54. The molecule has 0 amide bonds. The molecule has 3 rings (SSSR count). The molecule has 1 heterocycles. The molecule has 0 aromatic heterocycles. The van der Waals surface area contributed by atoms with E-state index in [2.05, 4.69) is 46.2 Å². The number of nitrogens with zero attached hydrogens (tertiary/aromatic N) is 2. The monoisotopic (exact) mass is 324 g/mol. The quantitative estimate of drug-likeness (QED) is 0.791. The Morgan fingerprint density at radius 3 is 2.42 bits per heavy atom. The molecule has 2 aromatic rings. The molecule has 4 heteroatoms. The zero-order valence-electron chi connectivity index (χ0n) is 14.4. The zero-order valence-corrected chi connectivity index (χ0v) is 14.4. The Balaban J connectivity index is 1.71. The first-order valence-corrected chi connectivity index (χ1v) is 8.36. The maximum atomic E-state index is 11.3. The van der Waals surface area contributed by atoms with Gasteiger partial charge >= 0.3 is 0 Å². The number of hydrogen-bond donors (Lipinski definition) is 0. The van der Waals surface area contributed by atoms with Crippen LogP contribution in [0.25, 0.3) is 0 Å². The molecule has 1 aliphatic rings. The van der Waals surface area contributed by atoms with Gasteiger partial charge in [0.15, 0.2) is 12.0 Å². The van der Waals surface area contributed by atoms with Gasteiger partial charge < -0.3 is 9.64 Å². The highest BCUT2D eigenvalue weighted by molar-refractivity contribution is 5.84. The van der Waals surface area contributed by atoms with Gasteiger partial charge in [-0.15, -0.1) is 0 Å². The Labute approximate surface area is 143 Å². The van der Waals surface area contributed by atoms with Crippen LogP contribution in [0.3, 0.4) is 0 Å². The number of anilines is 1. The first-order chi connectivity index (χ1) is 11.7. The molecular weight excluding hydrogens is 300 g/mol. The molecule has 0 aliphatic carbocycles. The first kappa shape index (κ1) is 16.5. The van der Waals surface area contributed by atoms with Crippen LogP contribution < -0.4 is 9.64 Å². The summed E-state index contributed by atoms with van der Waals surface area (Å²) in [6.07, 6.45) is 0.876. The van der Waals surface area contributed by atoms with Crippen molar-refractivity contribution >= 4 is 12.0 Å². The number of aldehydes is 1. The van der Waals surface area contributed by atoms with Crippen LogP contribution in [0, 0.1) is 6.92 Å². The van der Waals surface area contributed by atoms with Crippen molar-refractivity contribution < 1.29 is 9.53 Å². The van der Waals surface area contributed by atoms with E-state index in [0.717, 1.165) is 50.3 Å². The molecule has 0 N–H and O–H groups in total. The van der Waals surface area contributed by atoms with Crippen molar-refractivity contribution in [2.45, 2.75) is 13.5 Å². The van der Waals surface area contributed by atoms with Crippen molar-refractivity contribution in [1.29, 1.82) is 0 Å². The van der Waals surface area contributed by atoms with E-state index in [-0.39, 0.29) is 0 Å². The lowest BCUT2D eigenvalue weighted by Crippen LogP contribution is -2.46. The van der Waals surface area contributed by atoms with Gasteiger partial charge in [0.2, 0.25) is 0 Å². The highest BCUT2D eigenvalue weighted by atomic mass is 16.5. The lowest BCUT2D eigenvalue weighted by Gasteiger charge is -2.37. The Bertz CT molecular complexity index is 692. The van der Waals surface area contributed by atoms with Gasteiger partial charge in [-0.3, -0.25) is 9.69 Å². The molecule has 4 nitrogen and oxygen atoms in total. The van der Waals surface area contributed by atoms with Crippen molar-refractivity contribution in [3.8, 4) is 5.75 Å². The van der Waals surface area contributed by atoms with Crippen molar-refractivity contribution in [2.75, 3.05) is 38.2 Å². The number of benzene rings is 2. The molecule has 126 valence electrons. The Kier molecular flexibility index (Phi) is 5.16. The third kappa shape index (κ3) is 3.60. The summed E-state index contributed by atoms with van der Waals surface area (Å²) in [5, 5.41) is 0. The SMILES string of the molecule is COc1c(C=O)cc(C)cc1N1CCN(Cc2ccccc2)CC1. The molecule has 0 atom stereocenters. The summed E-state index contributed by atoms with van der Waals surface area (Å²) in [5.74, 6) is 0.687. The number of carbonyl (C=O) groups is 1. The average Bonchev–Trinajstić information content (AvgIpc) is 2.62. The maximum Gasteiger partial charge on any atom is 0.153 e. The highest BCUT2D eigenvalue weighted by Crippen LogP contribution is 2.33. The maximum absolute atomic E-state index is 11.3. The fourth-order valence-corrected chi connectivity index (χ4v) is 3.31. The molecule has 1 fully saturated rings. The lowest BCUT2D eigenvalue weighted by molar-refractivity contribution is 0.112. The number of piperazine rings is 1. The molecule has 0 spiro atoms. The number of carbonyl (C=O) groups excluding carboxylic acids is 1. The van der Waals surface area contributed by atoms with Crippen LogP contribution in [-0.4, -0.2) is 44.5 Å². The molecule has 0 unspecified atom stereocenters. The topological polar surface area (TPSA) is 32.8 Å². The molecule has 0 bridgehead atoms. The van der Waals surface area contributed by atoms with E-state index in [4.69, 9.17) is 4.74 Å². The van der Waals surface area contributed by atoms with Gasteiger partial charge in [0, 0.05) is 32.7 Å². The second-order valence-electron chi connectivity index (χ2n) is 6.27. The standard InChI is InChI=1S/C20H24N2O2/c1-16-12-18(15-23)20(24-2)19(13-16)22-10-8-21(9-11-22)14-17-6-4-3-5-7-17/h3-7,12-13,15H,8-11,14H2,1-2H3. The molecule has 0 radical (unpaired) electrons. The van der Waals surface area contributed by atoms with Crippen molar-refractivity contribution in [2.24, 2.45) is 0 Å². The van der Waals surface area contributed by atoms with E-state index in [1.54, 1.807) is 7.11 Å². The predicted octanol–water partition coefficient (Wildman–Crippen LogP) is 3.14. The second kappa shape index (κ2) is 7.49. The molecule has 2 aromatic carbocycles. The number of rotatable bonds is 5. The summed E-state index contributed by atoms with van der Waals surface area (Å²) in [7, 11) is 1.63. The minimum atomic E-state index is 0.624. The third-order valence-electron chi connectivity index (χ3n) is 4.54. The normalized spacial score (nSPS) is 15.3. The average molecular weight is 324 g/mol. The van der Waals surface area contributed by atoms with Gasteiger partial charge in [-0.1, -0.05) is 30.3 Å². The predicted molar refractivity (Wildman–Crippen MR) is 97.1 cm³/mol. The summed E-state index contributed by atoms with van der Waals surface area (Å²) >= 11 is 0. The number of methoxy groups -OCH3 is 1. The van der Waals surface area contributed by atoms with E-state index < -0.39 is 0 Å². The minimum Gasteiger partial charge on any atom is -0.494 e. The van der Waals surface area contributed by atoms with E-state index >= 15 is 0 Å². The van der Waals surface area contributed by atoms with Crippen molar-refractivity contribution in [1.82, 2.24) is 4.90 Å². The van der Waals surface area contributed by atoms with Crippen molar-refractivity contribution in [3.05, 3.63) is 59.2 Å². The molecule has 1 aliphatic heterocycles. The van der Waals surface area contributed by atoms with Gasteiger partial charge in [0.05, 0.1) is 18.4 Å². The van der Waals surface area contributed by atoms with Crippen LogP contribution in [-0.2, 0) is 6.54 Å². The van der Waals surface area contributed by atoms with Crippen LogP contribution in [0.4, 0.5) is 5.69 Å². The van der Waals surface area contributed by atoms with Crippen molar-refractivity contribution in [3.63, 3.8) is 0 Å². The van der Waals surface area contributed by atoms with Crippen LogP contribution in [0.2, 0.25) is 0 Å². The van der Waals surface area contributed by atoms with Crippen LogP contribution in [0.5, 0.6) is 5.75 Å². The highest BCUT2D eigenvalue weighted by Gasteiger charge is 2.21. The Hall–Kier alpha value is -2.33. The van der Waals surface area contributed by atoms with E-state index in [1.165, 1.54) is 5.56 Å². The van der Waals surface area contributed by atoms with Crippen LogP contribution in [0.15, 0.2) is 42.5 Å². The van der Waals surface area contributed by atoms with Gasteiger partial charge in [0.25, 0.3) is 0 Å². The molecular formula is C20H24N2O2. The fraction of sp³-hybridized carbons (Fsp3) is 0.350. The summed E-state index contributed by atoms with van der Waals surface area (Å²) in [6.45, 7) is 6.88. The van der Waals surface area contributed by atoms with Gasteiger partial charge in [-0.05, 0) is 30.2 Å². The number of ether oxygens (including phenoxy) is 1. The summed E-state index contributed by atoms with van der Waals surface area (Å²) in [5.41, 5.74) is 4.08. The molecule has 24 heavy (non-hydrogen) atoms. The molecule has 0 saturated carbocycles. The van der Waals surface area contributed by atoms with Gasteiger partial charge in [-0.2, -0.15) is 0 Å². The van der Waals surface area contributed by atoms with E-state index in [1.807, 2.05) is 13.0 Å². The Morgan fingerprint density at radius 2 is 1.79 bits per heavy atom. The smallest absolute Gasteiger partial charge is 0.153 e. The Morgan fingerprint density at radius 1 is 1.08 bits per heavy atom. The second-order valence-corrected chi connectivity index (χ2v) is 6.27. The largest absolute Gasteiger partial charge is 0.494 e. The first-order valence-electron chi connectivity index (χ1n) is 8.36. The van der Waals surface area contributed by atoms with E-state index in [0.29, 0.717) is 11.3 Å². The van der Waals surface area contributed by atoms with Crippen LogP contribution in [0.1, 0.15) is 21.5 Å². The number of aryl methyl sites for hydroxylation is 1. The minimum absolute atomic E-state index is 0.624.